The molecule has 1 aliphatic heterocycles. The highest BCUT2D eigenvalue weighted by molar-refractivity contribution is 5.46. The summed E-state index contributed by atoms with van der Waals surface area (Å²) in [5.74, 6) is 0. The average molecular weight is 148 g/mol. The SMILES string of the molecule is CC(C)(C)C1=CN=C=NC=C1. The van der Waals surface area contributed by atoms with Gasteiger partial charge in [-0.15, -0.1) is 0 Å². The van der Waals surface area contributed by atoms with Crippen LogP contribution in [0.25, 0.3) is 0 Å². The van der Waals surface area contributed by atoms with E-state index in [1.807, 2.05) is 6.08 Å². The summed E-state index contributed by atoms with van der Waals surface area (Å²) in [5, 5.41) is 0. The highest BCUT2D eigenvalue weighted by atomic mass is 14.8. The average Bonchev–Trinajstić information content (AvgIpc) is 2.10. The van der Waals surface area contributed by atoms with Gasteiger partial charge in [-0.2, -0.15) is 9.98 Å². The van der Waals surface area contributed by atoms with Crippen molar-refractivity contribution in [2.24, 2.45) is 15.4 Å². The first-order chi connectivity index (χ1) is 5.11. The maximum atomic E-state index is 3.88. The summed E-state index contributed by atoms with van der Waals surface area (Å²) in [7, 11) is 0. The lowest BCUT2D eigenvalue weighted by atomic mass is 9.87. The first-order valence-corrected chi connectivity index (χ1v) is 3.62. The van der Waals surface area contributed by atoms with Crippen LogP contribution in [-0.2, 0) is 0 Å². The van der Waals surface area contributed by atoms with Crippen molar-refractivity contribution in [1.82, 2.24) is 0 Å². The van der Waals surface area contributed by atoms with Crippen LogP contribution in [0.2, 0.25) is 0 Å². The highest BCUT2D eigenvalue weighted by Crippen LogP contribution is 2.26. The molecule has 0 spiro atoms. The Labute approximate surface area is 67.1 Å². The molecule has 0 fully saturated rings. The zero-order valence-electron chi connectivity index (χ0n) is 7.13. The Morgan fingerprint density at radius 3 is 2.64 bits per heavy atom. The first-order valence-electron chi connectivity index (χ1n) is 3.62. The van der Waals surface area contributed by atoms with Gasteiger partial charge in [0.1, 0.15) is 0 Å². The summed E-state index contributed by atoms with van der Waals surface area (Å²) in [6.07, 6.45) is 5.48. The third-order valence-corrected chi connectivity index (χ3v) is 1.51. The molecular weight excluding hydrogens is 136 g/mol. The van der Waals surface area contributed by atoms with Gasteiger partial charge in [0, 0.05) is 12.4 Å². The van der Waals surface area contributed by atoms with Crippen molar-refractivity contribution in [3.05, 3.63) is 24.0 Å². The van der Waals surface area contributed by atoms with Crippen LogP contribution in [0.3, 0.4) is 0 Å². The molecule has 0 unspecified atom stereocenters. The lowest BCUT2D eigenvalue weighted by molar-refractivity contribution is 0.516. The molecule has 0 saturated heterocycles. The molecule has 0 aliphatic carbocycles. The lowest BCUT2D eigenvalue weighted by Crippen LogP contribution is -2.06. The molecule has 2 nitrogen and oxygen atoms in total. The zero-order valence-corrected chi connectivity index (χ0v) is 7.13. The van der Waals surface area contributed by atoms with Crippen molar-refractivity contribution in [1.29, 1.82) is 0 Å². The van der Waals surface area contributed by atoms with Crippen LogP contribution in [-0.4, -0.2) is 6.01 Å². The van der Waals surface area contributed by atoms with Crippen molar-refractivity contribution < 1.29 is 0 Å². The van der Waals surface area contributed by atoms with E-state index in [2.05, 4.69) is 36.8 Å². The molecule has 0 amide bonds. The number of aliphatic imine (C=N–C) groups is 2. The van der Waals surface area contributed by atoms with Gasteiger partial charge in [-0.1, -0.05) is 20.8 Å². The van der Waals surface area contributed by atoms with Gasteiger partial charge in [0.25, 0.3) is 0 Å². The molecule has 58 valence electrons. The molecule has 1 aliphatic rings. The second kappa shape index (κ2) is 2.85. The Morgan fingerprint density at radius 1 is 1.27 bits per heavy atom. The third kappa shape index (κ3) is 2.17. The normalized spacial score (nSPS) is 16.5. The molecule has 0 atom stereocenters. The topological polar surface area (TPSA) is 24.7 Å². The maximum Gasteiger partial charge on any atom is 0.0993 e. The fraction of sp³-hybridized carbons (Fsp3) is 0.444. The van der Waals surface area contributed by atoms with E-state index >= 15 is 0 Å². The Bertz CT molecular complexity index is 258. The van der Waals surface area contributed by atoms with E-state index in [0.717, 1.165) is 0 Å². The molecule has 0 saturated carbocycles. The molecular formula is C9H12N2. The summed E-state index contributed by atoms with van der Waals surface area (Å²) >= 11 is 0. The quantitative estimate of drug-likeness (QED) is 0.504. The van der Waals surface area contributed by atoms with Gasteiger partial charge in [0.15, 0.2) is 0 Å². The van der Waals surface area contributed by atoms with E-state index in [-0.39, 0.29) is 5.41 Å². The minimum absolute atomic E-state index is 0.140. The van der Waals surface area contributed by atoms with E-state index in [1.54, 1.807) is 12.4 Å². The smallest absolute Gasteiger partial charge is 0.0993 e. The Morgan fingerprint density at radius 2 is 2.00 bits per heavy atom. The van der Waals surface area contributed by atoms with Crippen LogP contribution in [0.4, 0.5) is 0 Å². The van der Waals surface area contributed by atoms with E-state index in [0.29, 0.717) is 0 Å². The second-order valence-corrected chi connectivity index (χ2v) is 3.51. The van der Waals surface area contributed by atoms with Crippen molar-refractivity contribution in [2.45, 2.75) is 20.8 Å². The van der Waals surface area contributed by atoms with Crippen LogP contribution in [0.15, 0.2) is 34.0 Å². The standard InChI is InChI=1S/C9H12N2/c1-9(2,3)8-4-5-10-7-11-6-8/h4-6H,1-3H3. The van der Waals surface area contributed by atoms with E-state index in [4.69, 9.17) is 0 Å². The van der Waals surface area contributed by atoms with Gasteiger partial charge in [0.05, 0.1) is 6.01 Å². The van der Waals surface area contributed by atoms with Crippen LogP contribution < -0.4 is 0 Å². The summed E-state index contributed by atoms with van der Waals surface area (Å²) in [4.78, 5) is 7.66. The number of hydrogen-bond acceptors (Lipinski definition) is 2. The Kier molecular flexibility index (Phi) is 2.06. The van der Waals surface area contributed by atoms with Crippen molar-refractivity contribution in [3.63, 3.8) is 0 Å². The minimum Gasteiger partial charge on any atom is -0.196 e. The van der Waals surface area contributed by atoms with Crippen molar-refractivity contribution in [2.75, 3.05) is 0 Å². The number of allylic oxidation sites excluding steroid dienone is 2. The fourth-order valence-corrected chi connectivity index (χ4v) is 0.769. The molecule has 0 radical (unpaired) electrons. The van der Waals surface area contributed by atoms with Gasteiger partial charge in [-0.3, -0.25) is 0 Å². The predicted octanol–water partition coefficient (Wildman–Crippen LogP) is 2.62. The van der Waals surface area contributed by atoms with Crippen molar-refractivity contribution in [3.8, 4) is 0 Å². The van der Waals surface area contributed by atoms with Gasteiger partial charge < -0.3 is 0 Å². The van der Waals surface area contributed by atoms with Crippen LogP contribution in [0.1, 0.15) is 20.8 Å². The molecule has 0 aromatic heterocycles. The zero-order chi connectivity index (χ0) is 8.32. The largest absolute Gasteiger partial charge is 0.196 e. The van der Waals surface area contributed by atoms with Crippen LogP contribution in [0, 0.1) is 5.41 Å². The van der Waals surface area contributed by atoms with Gasteiger partial charge in [0.2, 0.25) is 0 Å². The second-order valence-electron chi connectivity index (χ2n) is 3.51. The number of nitrogens with zero attached hydrogens (tertiary/aromatic N) is 2. The predicted molar refractivity (Wildman–Crippen MR) is 46.5 cm³/mol. The Balaban J connectivity index is 2.93. The summed E-state index contributed by atoms with van der Waals surface area (Å²) in [5.41, 5.74) is 1.31. The molecule has 0 bridgehead atoms. The highest BCUT2D eigenvalue weighted by Gasteiger charge is 2.14. The van der Waals surface area contributed by atoms with Gasteiger partial charge in [-0.25, -0.2) is 0 Å². The van der Waals surface area contributed by atoms with Crippen LogP contribution in [0.5, 0.6) is 0 Å². The number of rotatable bonds is 0. The molecule has 1 rings (SSSR count). The van der Waals surface area contributed by atoms with Gasteiger partial charge in [-0.05, 0) is 17.1 Å². The third-order valence-electron chi connectivity index (χ3n) is 1.51. The Hall–Kier alpha value is -1.14. The lowest BCUT2D eigenvalue weighted by Gasteiger charge is -2.18. The van der Waals surface area contributed by atoms with Crippen LogP contribution >= 0.6 is 0 Å². The molecule has 1 heterocycles. The molecule has 0 N–H and O–H groups in total. The molecule has 0 aromatic carbocycles. The van der Waals surface area contributed by atoms with Gasteiger partial charge >= 0.3 is 0 Å². The fourth-order valence-electron chi connectivity index (χ4n) is 0.769. The molecule has 11 heavy (non-hydrogen) atoms. The minimum atomic E-state index is 0.140. The first kappa shape index (κ1) is 7.96. The van der Waals surface area contributed by atoms with E-state index in [9.17, 15) is 0 Å². The maximum absolute atomic E-state index is 3.88. The number of hydrogen-bond donors (Lipinski definition) is 0. The van der Waals surface area contributed by atoms with Crippen molar-refractivity contribution >= 4 is 6.01 Å². The van der Waals surface area contributed by atoms with E-state index in [1.165, 1.54) is 5.57 Å². The summed E-state index contributed by atoms with van der Waals surface area (Å²) < 4.78 is 0. The monoisotopic (exact) mass is 148 g/mol. The summed E-state index contributed by atoms with van der Waals surface area (Å²) in [6.45, 7) is 6.43. The molecule has 0 aromatic rings. The summed E-state index contributed by atoms with van der Waals surface area (Å²) in [6, 6.07) is 2.54. The molecule has 2 heteroatoms. The van der Waals surface area contributed by atoms with E-state index < -0.39 is 0 Å².